The number of benzene rings is 1. The minimum Gasteiger partial charge on any atom is -0.352 e. The van der Waals surface area contributed by atoms with Crippen molar-refractivity contribution in [3.8, 4) is 0 Å². The van der Waals surface area contributed by atoms with Crippen LogP contribution in [-0.2, 0) is 11.2 Å². The number of piperazine rings is 1. The van der Waals surface area contributed by atoms with E-state index in [9.17, 15) is 4.79 Å². The van der Waals surface area contributed by atoms with Crippen LogP contribution in [0.5, 0.6) is 0 Å². The molecular formula is C18H20N6O. The summed E-state index contributed by atoms with van der Waals surface area (Å²) in [5.41, 5.74) is 1.95. The average Bonchev–Trinajstić information content (AvgIpc) is 3.16. The first-order valence-electron chi connectivity index (χ1n) is 8.52. The Bertz CT molecular complexity index is 854. The lowest BCUT2D eigenvalue weighted by Gasteiger charge is -2.35. The van der Waals surface area contributed by atoms with Gasteiger partial charge in [0.2, 0.25) is 5.91 Å². The molecule has 2 aromatic heterocycles. The molecule has 0 spiro atoms. The zero-order valence-corrected chi connectivity index (χ0v) is 13.9. The standard InChI is InChI=1S/C18H20N6O/c25-16(7-6-14-4-2-1-3-5-14)23-8-10-24(11-9-23)18-15-12-21-22-17(15)19-13-20-18/h1-5,12-13H,6-11H2,(H,19,20,21,22). The fourth-order valence-electron chi connectivity index (χ4n) is 3.23. The van der Waals surface area contributed by atoms with Gasteiger partial charge in [0.15, 0.2) is 5.65 Å². The third-order valence-electron chi connectivity index (χ3n) is 4.63. The number of rotatable bonds is 4. The van der Waals surface area contributed by atoms with Crippen LogP contribution in [0.3, 0.4) is 0 Å². The molecule has 3 heterocycles. The minimum atomic E-state index is 0.222. The lowest BCUT2D eigenvalue weighted by Crippen LogP contribution is -2.49. The van der Waals surface area contributed by atoms with E-state index in [2.05, 4.69) is 37.2 Å². The van der Waals surface area contributed by atoms with Gasteiger partial charge >= 0.3 is 0 Å². The minimum absolute atomic E-state index is 0.222. The molecule has 1 N–H and O–H groups in total. The highest BCUT2D eigenvalue weighted by molar-refractivity contribution is 5.86. The molecule has 1 amide bonds. The first-order valence-corrected chi connectivity index (χ1v) is 8.52. The van der Waals surface area contributed by atoms with E-state index in [-0.39, 0.29) is 5.91 Å². The number of fused-ring (bicyclic) bond motifs is 1. The van der Waals surface area contributed by atoms with Gasteiger partial charge < -0.3 is 9.80 Å². The molecule has 1 aliphatic heterocycles. The third kappa shape index (κ3) is 3.31. The van der Waals surface area contributed by atoms with Crippen molar-refractivity contribution in [2.24, 2.45) is 0 Å². The molecule has 0 bridgehead atoms. The second-order valence-corrected chi connectivity index (χ2v) is 6.18. The number of anilines is 1. The van der Waals surface area contributed by atoms with E-state index in [4.69, 9.17) is 0 Å². The number of aromatic amines is 1. The van der Waals surface area contributed by atoms with Crippen LogP contribution >= 0.6 is 0 Å². The molecule has 1 aliphatic rings. The highest BCUT2D eigenvalue weighted by Crippen LogP contribution is 2.22. The number of amides is 1. The highest BCUT2D eigenvalue weighted by Gasteiger charge is 2.23. The molecule has 7 nitrogen and oxygen atoms in total. The van der Waals surface area contributed by atoms with Crippen molar-refractivity contribution in [1.29, 1.82) is 0 Å². The number of H-pyrrole nitrogens is 1. The third-order valence-corrected chi connectivity index (χ3v) is 4.63. The molecule has 7 heteroatoms. The zero-order valence-electron chi connectivity index (χ0n) is 13.9. The SMILES string of the molecule is O=C(CCc1ccccc1)N1CCN(c2ncnc3[nH]ncc23)CC1. The van der Waals surface area contributed by atoms with Gasteiger partial charge in [0.05, 0.1) is 11.6 Å². The van der Waals surface area contributed by atoms with E-state index in [1.807, 2.05) is 23.1 Å². The summed E-state index contributed by atoms with van der Waals surface area (Å²) in [6, 6.07) is 10.1. The second-order valence-electron chi connectivity index (χ2n) is 6.18. The summed E-state index contributed by atoms with van der Waals surface area (Å²) < 4.78 is 0. The van der Waals surface area contributed by atoms with E-state index in [0.717, 1.165) is 49.5 Å². The maximum absolute atomic E-state index is 12.5. The smallest absolute Gasteiger partial charge is 0.223 e. The predicted molar refractivity (Wildman–Crippen MR) is 95.2 cm³/mol. The summed E-state index contributed by atoms with van der Waals surface area (Å²) in [6.07, 6.45) is 4.65. The number of hydrogen-bond acceptors (Lipinski definition) is 5. The summed E-state index contributed by atoms with van der Waals surface area (Å²) >= 11 is 0. The van der Waals surface area contributed by atoms with Crippen LogP contribution in [0.1, 0.15) is 12.0 Å². The molecule has 1 aromatic carbocycles. The van der Waals surface area contributed by atoms with Crippen molar-refractivity contribution in [1.82, 2.24) is 25.1 Å². The van der Waals surface area contributed by atoms with Crippen molar-refractivity contribution in [3.05, 3.63) is 48.4 Å². The van der Waals surface area contributed by atoms with Gasteiger partial charge in [0.1, 0.15) is 12.1 Å². The molecule has 0 saturated carbocycles. The summed E-state index contributed by atoms with van der Waals surface area (Å²) in [5.74, 6) is 1.11. The van der Waals surface area contributed by atoms with Crippen LogP contribution < -0.4 is 4.90 Å². The van der Waals surface area contributed by atoms with Crippen molar-refractivity contribution < 1.29 is 4.79 Å². The molecule has 0 radical (unpaired) electrons. The molecule has 128 valence electrons. The van der Waals surface area contributed by atoms with Gasteiger partial charge in [0.25, 0.3) is 0 Å². The fourth-order valence-corrected chi connectivity index (χ4v) is 3.23. The monoisotopic (exact) mass is 336 g/mol. The van der Waals surface area contributed by atoms with E-state index >= 15 is 0 Å². The van der Waals surface area contributed by atoms with Crippen LogP contribution in [0.15, 0.2) is 42.9 Å². The summed E-state index contributed by atoms with van der Waals surface area (Å²) in [4.78, 5) is 25.2. The van der Waals surface area contributed by atoms with Gasteiger partial charge in [-0.25, -0.2) is 9.97 Å². The molecule has 4 rings (SSSR count). The number of aryl methyl sites for hydroxylation is 1. The number of nitrogens with zero attached hydrogens (tertiary/aromatic N) is 5. The normalized spacial score (nSPS) is 14.9. The van der Waals surface area contributed by atoms with Crippen molar-refractivity contribution in [2.75, 3.05) is 31.1 Å². The van der Waals surface area contributed by atoms with Crippen molar-refractivity contribution >= 4 is 22.8 Å². The number of hydrogen-bond donors (Lipinski definition) is 1. The van der Waals surface area contributed by atoms with Crippen molar-refractivity contribution in [2.45, 2.75) is 12.8 Å². The Hall–Kier alpha value is -2.96. The largest absolute Gasteiger partial charge is 0.352 e. The Morgan fingerprint density at radius 3 is 2.68 bits per heavy atom. The Morgan fingerprint density at radius 1 is 1.08 bits per heavy atom. The molecule has 25 heavy (non-hydrogen) atoms. The second kappa shape index (κ2) is 6.88. The van der Waals surface area contributed by atoms with Crippen LogP contribution in [0.2, 0.25) is 0 Å². The molecule has 0 atom stereocenters. The maximum atomic E-state index is 12.5. The predicted octanol–water partition coefficient (Wildman–Crippen LogP) is 1.63. The zero-order chi connectivity index (χ0) is 17.1. The number of aromatic nitrogens is 4. The molecule has 0 aliphatic carbocycles. The summed E-state index contributed by atoms with van der Waals surface area (Å²) in [7, 11) is 0. The quantitative estimate of drug-likeness (QED) is 0.783. The average molecular weight is 336 g/mol. The van der Waals surface area contributed by atoms with Crippen molar-refractivity contribution in [3.63, 3.8) is 0 Å². The maximum Gasteiger partial charge on any atom is 0.223 e. The first-order chi connectivity index (χ1) is 12.3. The lowest BCUT2D eigenvalue weighted by molar-refractivity contribution is -0.131. The van der Waals surface area contributed by atoms with Crippen LogP contribution in [0.25, 0.3) is 11.0 Å². The first kappa shape index (κ1) is 15.6. The summed E-state index contributed by atoms with van der Waals surface area (Å²) in [5, 5.41) is 7.82. The topological polar surface area (TPSA) is 78.0 Å². The van der Waals surface area contributed by atoms with Gasteiger partial charge in [-0.3, -0.25) is 9.89 Å². The lowest BCUT2D eigenvalue weighted by atomic mass is 10.1. The molecular weight excluding hydrogens is 316 g/mol. The van der Waals surface area contributed by atoms with E-state index in [1.54, 1.807) is 12.5 Å². The van der Waals surface area contributed by atoms with Gasteiger partial charge in [0, 0.05) is 32.6 Å². The van der Waals surface area contributed by atoms with Gasteiger partial charge in [-0.2, -0.15) is 5.10 Å². The molecule has 0 unspecified atom stereocenters. The van der Waals surface area contributed by atoms with Crippen LogP contribution in [-0.4, -0.2) is 57.2 Å². The van der Waals surface area contributed by atoms with Gasteiger partial charge in [-0.15, -0.1) is 0 Å². The number of nitrogens with one attached hydrogen (secondary N) is 1. The number of carbonyl (C=O) groups is 1. The Kier molecular flexibility index (Phi) is 4.28. The summed E-state index contributed by atoms with van der Waals surface area (Å²) in [6.45, 7) is 2.98. The highest BCUT2D eigenvalue weighted by atomic mass is 16.2. The number of carbonyl (C=O) groups excluding carboxylic acids is 1. The Balaban J connectivity index is 1.35. The van der Waals surface area contributed by atoms with Crippen LogP contribution in [0.4, 0.5) is 5.82 Å². The van der Waals surface area contributed by atoms with E-state index in [1.165, 1.54) is 5.56 Å². The molecule has 1 fully saturated rings. The van der Waals surface area contributed by atoms with E-state index < -0.39 is 0 Å². The molecule has 3 aromatic rings. The van der Waals surface area contributed by atoms with Gasteiger partial charge in [-0.1, -0.05) is 30.3 Å². The van der Waals surface area contributed by atoms with Gasteiger partial charge in [-0.05, 0) is 12.0 Å². The Morgan fingerprint density at radius 2 is 1.88 bits per heavy atom. The van der Waals surface area contributed by atoms with E-state index in [0.29, 0.717) is 6.42 Å². The fraction of sp³-hybridized carbons (Fsp3) is 0.333. The molecule has 1 saturated heterocycles. The Labute approximate surface area is 145 Å². The van der Waals surface area contributed by atoms with Crippen LogP contribution in [0, 0.1) is 0 Å².